The molecule has 0 unspecified atom stereocenters. The molecule has 0 radical (unpaired) electrons. The topological polar surface area (TPSA) is 42.4 Å². The number of aryl methyl sites for hydroxylation is 1. The van der Waals surface area contributed by atoms with Crippen molar-refractivity contribution in [3.05, 3.63) is 29.6 Å². The van der Waals surface area contributed by atoms with Crippen molar-refractivity contribution in [1.82, 2.24) is 9.88 Å². The summed E-state index contributed by atoms with van der Waals surface area (Å²) in [5.74, 6) is -0.109. The highest BCUT2D eigenvalue weighted by Crippen LogP contribution is 2.22. The molecule has 1 aromatic heterocycles. The van der Waals surface area contributed by atoms with Gasteiger partial charge in [-0.05, 0) is 59.2 Å². The molecule has 110 valence electrons. The minimum absolute atomic E-state index is 0.109. The van der Waals surface area contributed by atoms with Gasteiger partial charge >= 0.3 is 5.97 Å². The molecule has 1 aliphatic rings. The van der Waals surface area contributed by atoms with Crippen LogP contribution >= 0.6 is 0 Å². The molecule has 0 spiro atoms. The molecule has 0 amide bonds. The van der Waals surface area contributed by atoms with Gasteiger partial charge in [0.05, 0.1) is 5.69 Å². The van der Waals surface area contributed by atoms with Crippen molar-refractivity contribution in [2.75, 3.05) is 6.54 Å². The van der Waals surface area contributed by atoms with Crippen LogP contribution in [-0.2, 0) is 16.1 Å². The summed E-state index contributed by atoms with van der Waals surface area (Å²) >= 11 is 0. The number of ether oxygens (including phenoxy) is 1. The van der Waals surface area contributed by atoms with E-state index in [-0.39, 0.29) is 12.0 Å². The Hall–Kier alpha value is -1.42. The predicted octanol–water partition coefficient (Wildman–Crippen LogP) is 2.70. The maximum atomic E-state index is 12.2. The van der Waals surface area contributed by atoms with Crippen LogP contribution in [0.25, 0.3) is 0 Å². The number of carbonyl (C=O) groups is 1. The molecule has 1 atom stereocenters. The normalized spacial score (nSPS) is 20.1. The highest BCUT2D eigenvalue weighted by atomic mass is 16.6. The largest absolute Gasteiger partial charge is 0.459 e. The number of esters is 1. The Bertz CT molecular complexity index is 480. The van der Waals surface area contributed by atoms with E-state index in [4.69, 9.17) is 4.74 Å². The summed E-state index contributed by atoms with van der Waals surface area (Å²) in [5.41, 5.74) is 1.60. The number of aromatic nitrogens is 1. The van der Waals surface area contributed by atoms with Gasteiger partial charge in [0.15, 0.2) is 0 Å². The van der Waals surface area contributed by atoms with Gasteiger partial charge in [-0.1, -0.05) is 6.07 Å². The average Bonchev–Trinajstić information content (AvgIpc) is 2.75. The van der Waals surface area contributed by atoms with E-state index < -0.39 is 5.60 Å². The van der Waals surface area contributed by atoms with Gasteiger partial charge in [0.25, 0.3) is 0 Å². The molecular formula is C16H24N2O2. The van der Waals surface area contributed by atoms with Gasteiger partial charge in [-0.3, -0.25) is 14.7 Å². The monoisotopic (exact) mass is 276 g/mol. The first-order chi connectivity index (χ1) is 9.35. The second-order valence-corrected chi connectivity index (χ2v) is 6.43. The lowest BCUT2D eigenvalue weighted by Gasteiger charge is -2.27. The molecule has 2 heterocycles. The Balaban J connectivity index is 2.02. The van der Waals surface area contributed by atoms with Gasteiger partial charge in [0.2, 0.25) is 0 Å². The third-order valence-electron chi connectivity index (χ3n) is 3.35. The number of carbonyl (C=O) groups excluding carboxylic acids is 1. The fourth-order valence-electron chi connectivity index (χ4n) is 2.55. The van der Waals surface area contributed by atoms with Crippen LogP contribution in [0.4, 0.5) is 0 Å². The highest BCUT2D eigenvalue weighted by molar-refractivity contribution is 5.76. The average molecular weight is 276 g/mol. The van der Waals surface area contributed by atoms with Crippen LogP contribution < -0.4 is 0 Å². The van der Waals surface area contributed by atoms with E-state index >= 15 is 0 Å². The summed E-state index contributed by atoms with van der Waals surface area (Å²) in [6, 6.07) is 5.88. The second kappa shape index (κ2) is 5.92. The van der Waals surface area contributed by atoms with Crippen molar-refractivity contribution in [2.24, 2.45) is 0 Å². The summed E-state index contributed by atoms with van der Waals surface area (Å²) in [4.78, 5) is 18.9. The summed E-state index contributed by atoms with van der Waals surface area (Å²) in [6.07, 6.45) is 1.91. The molecule has 4 heteroatoms. The molecule has 0 N–H and O–H groups in total. The summed E-state index contributed by atoms with van der Waals surface area (Å²) in [6.45, 7) is 9.36. The van der Waals surface area contributed by atoms with Crippen molar-refractivity contribution in [2.45, 2.75) is 58.7 Å². The second-order valence-electron chi connectivity index (χ2n) is 6.43. The minimum atomic E-state index is -0.424. The first kappa shape index (κ1) is 15.0. The lowest BCUT2D eigenvalue weighted by molar-refractivity contribution is -0.160. The summed E-state index contributed by atoms with van der Waals surface area (Å²) in [5, 5.41) is 0. The standard InChI is InChI=1S/C16H24N2O2/c1-12-7-5-8-13(17-12)11-18-10-6-9-14(18)15(19)20-16(2,3)4/h5,7-8,14H,6,9-11H2,1-4H3/t14-/m0/s1. The molecule has 0 bridgehead atoms. The number of hydrogen-bond donors (Lipinski definition) is 0. The third-order valence-corrected chi connectivity index (χ3v) is 3.35. The van der Waals surface area contributed by atoms with E-state index in [9.17, 15) is 4.79 Å². The smallest absolute Gasteiger partial charge is 0.323 e. The number of rotatable bonds is 3. The molecule has 20 heavy (non-hydrogen) atoms. The van der Waals surface area contributed by atoms with Crippen LogP contribution in [-0.4, -0.2) is 34.0 Å². The summed E-state index contributed by atoms with van der Waals surface area (Å²) < 4.78 is 5.51. The van der Waals surface area contributed by atoms with Gasteiger partial charge in [-0.25, -0.2) is 0 Å². The van der Waals surface area contributed by atoms with E-state index in [2.05, 4.69) is 9.88 Å². The van der Waals surface area contributed by atoms with Crippen LogP contribution in [0.3, 0.4) is 0 Å². The molecule has 0 aliphatic carbocycles. The van der Waals surface area contributed by atoms with Crippen molar-refractivity contribution < 1.29 is 9.53 Å². The maximum Gasteiger partial charge on any atom is 0.323 e. The number of nitrogens with zero attached hydrogens (tertiary/aromatic N) is 2. The van der Waals surface area contributed by atoms with E-state index in [1.54, 1.807) is 0 Å². The molecule has 4 nitrogen and oxygen atoms in total. The number of likely N-dealkylation sites (tertiary alicyclic amines) is 1. The Morgan fingerprint density at radius 1 is 1.45 bits per heavy atom. The molecule has 0 saturated carbocycles. The fraction of sp³-hybridized carbons (Fsp3) is 0.625. The van der Waals surface area contributed by atoms with Crippen molar-refractivity contribution in [3.63, 3.8) is 0 Å². The number of pyridine rings is 1. The van der Waals surface area contributed by atoms with Crippen molar-refractivity contribution in [1.29, 1.82) is 0 Å². The molecular weight excluding hydrogens is 252 g/mol. The predicted molar refractivity (Wildman–Crippen MR) is 78.3 cm³/mol. The Morgan fingerprint density at radius 3 is 2.85 bits per heavy atom. The van der Waals surface area contributed by atoms with Gasteiger partial charge in [0, 0.05) is 12.2 Å². The molecule has 1 fully saturated rings. The van der Waals surface area contributed by atoms with E-state index in [0.717, 1.165) is 30.8 Å². The molecule has 1 aliphatic heterocycles. The van der Waals surface area contributed by atoms with Crippen LogP contribution in [0.5, 0.6) is 0 Å². The first-order valence-corrected chi connectivity index (χ1v) is 7.24. The number of hydrogen-bond acceptors (Lipinski definition) is 4. The summed E-state index contributed by atoms with van der Waals surface area (Å²) in [7, 11) is 0. The Kier molecular flexibility index (Phi) is 4.43. The third kappa shape index (κ3) is 4.04. The fourth-order valence-corrected chi connectivity index (χ4v) is 2.55. The molecule has 1 saturated heterocycles. The van der Waals surface area contributed by atoms with Gasteiger partial charge in [-0.2, -0.15) is 0 Å². The zero-order valence-corrected chi connectivity index (χ0v) is 12.8. The van der Waals surface area contributed by atoms with Crippen LogP contribution in [0.2, 0.25) is 0 Å². The van der Waals surface area contributed by atoms with Gasteiger partial charge < -0.3 is 4.74 Å². The highest BCUT2D eigenvalue weighted by Gasteiger charge is 2.34. The zero-order valence-electron chi connectivity index (χ0n) is 12.8. The van der Waals surface area contributed by atoms with Gasteiger partial charge in [-0.15, -0.1) is 0 Å². The van der Waals surface area contributed by atoms with Crippen LogP contribution in [0.1, 0.15) is 45.0 Å². The van der Waals surface area contributed by atoms with E-state index in [0.29, 0.717) is 6.54 Å². The molecule has 2 rings (SSSR count). The first-order valence-electron chi connectivity index (χ1n) is 7.24. The van der Waals surface area contributed by atoms with Crippen molar-refractivity contribution >= 4 is 5.97 Å². The zero-order chi connectivity index (χ0) is 14.8. The Morgan fingerprint density at radius 2 is 2.20 bits per heavy atom. The van der Waals surface area contributed by atoms with Crippen LogP contribution in [0.15, 0.2) is 18.2 Å². The van der Waals surface area contributed by atoms with E-state index in [1.165, 1.54) is 0 Å². The lowest BCUT2D eigenvalue weighted by Crippen LogP contribution is -2.40. The molecule has 0 aromatic carbocycles. The van der Waals surface area contributed by atoms with Crippen molar-refractivity contribution in [3.8, 4) is 0 Å². The maximum absolute atomic E-state index is 12.2. The van der Waals surface area contributed by atoms with Crippen LogP contribution in [0, 0.1) is 6.92 Å². The lowest BCUT2D eigenvalue weighted by atomic mass is 10.1. The Labute approximate surface area is 121 Å². The SMILES string of the molecule is Cc1cccc(CN2CCC[C@H]2C(=O)OC(C)(C)C)n1. The quantitative estimate of drug-likeness (QED) is 0.796. The van der Waals surface area contributed by atoms with Gasteiger partial charge in [0.1, 0.15) is 11.6 Å². The molecule has 1 aromatic rings. The minimum Gasteiger partial charge on any atom is -0.459 e. The van der Waals surface area contributed by atoms with E-state index in [1.807, 2.05) is 45.9 Å².